The molecule has 1 aromatic carbocycles. The molecule has 4 nitrogen and oxygen atoms in total. The highest BCUT2D eigenvalue weighted by atomic mass is 127. The van der Waals surface area contributed by atoms with E-state index < -0.39 is 0 Å². The number of ether oxygens (including phenoxy) is 1. The quantitative estimate of drug-likeness (QED) is 0.660. The van der Waals surface area contributed by atoms with E-state index in [1.807, 2.05) is 24.3 Å². The van der Waals surface area contributed by atoms with Crippen molar-refractivity contribution in [1.82, 2.24) is 9.97 Å². The maximum Gasteiger partial charge on any atom is 0.169 e. The summed E-state index contributed by atoms with van der Waals surface area (Å²) in [6, 6.07) is 7.86. The molecule has 108 valence electrons. The topological polar surface area (TPSA) is 61.0 Å². The summed E-state index contributed by atoms with van der Waals surface area (Å²) in [5.74, 6) is 1.98. The second-order valence-electron chi connectivity index (χ2n) is 4.71. The molecule has 3 rings (SSSR count). The fraction of sp³-hybridized carbons (Fsp3) is 0.200. The molecular formula is C15H14IN3OS. The average molecular weight is 411 g/mol. The normalized spacial score (nSPS) is 11.0. The van der Waals surface area contributed by atoms with E-state index in [4.69, 9.17) is 10.5 Å². The summed E-state index contributed by atoms with van der Waals surface area (Å²) in [4.78, 5) is 11.1. The van der Waals surface area contributed by atoms with Gasteiger partial charge in [-0.1, -0.05) is 12.1 Å². The van der Waals surface area contributed by atoms with Crippen molar-refractivity contribution in [3.63, 3.8) is 0 Å². The van der Waals surface area contributed by atoms with Gasteiger partial charge in [0.05, 0.1) is 8.96 Å². The molecule has 2 heterocycles. The van der Waals surface area contributed by atoms with Crippen LogP contribution in [0.2, 0.25) is 0 Å². The highest BCUT2D eigenvalue weighted by Crippen LogP contribution is 2.32. The number of hydrogen-bond acceptors (Lipinski definition) is 5. The molecule has 21 heavy (non-hydrogen) atoms. The van der Waals surface area contributed by atoms with E-state index in [0.717, 1.165) is 25.1 Å². The Morgan fingerprint density at radius 3 is 2.76 bits per heavy atom. The van der Waals surface area contributed by atoms with Gasteiger partial charge in [-0.25, -0.2) is 9.97 Å². The zero-order chi connectivity index (χ0) is 15.0. The predicted octanol–water partition coefficient (Wildman–Crippen LogP) is 4.07. The summed E-state index contributed by atoms with van der Waals surface area (Å²) in [5.41, 5.74) is 7.23. The molecule has 0 unspecified atom stereocenters. The Morgan fingerprint density at radius 1 is 1.24 bits per heavy atom. The van der Waals surface area contributed by atoms with E-state index in [1.165, 1.54) is 4.88 Å². The summed E-state index contributed by atoms with van der Waals surface area (Å²) in [6.45, 7) is 4.44. The van der Waals surface area contributed by atoms with Crippen molar-refractivity contribution in [1.29, 1.82) is 0 Å². The molecule has 0 radical (unpaired) electrons. The van der Waals surface area contributed by atoms with Crippen molar-refractivity contribution in [3.05, 3.63) is 44.1 Å². The molecule has 0 saturated heterocycles. The van der Waals surface area contributed by atoms with Crippen LogP contribution >= 0.6 is 33.9 Å². The monoisotopic (exact) mass is 411 g/mol. The zero-order valence-electron chi connectivity index (χ0n) is 11.7. The lowest BCUT2D eigenvalue weighted by molar-refractivity contribution is 0.294. The maximum absolute atomic E-state index is 6.07. The first-order valence-electron chi connectivity index (χ1n) is 6.45. The molecule has 2 N–H and O–H groups in total. The maximum atomic E-state index is 6.07. The van der Waals surface area contributed by atoms with E-state index in [1.54, 1.807) is 11.3 Å². The van der Waals surface area contributed by atoms with Gasteiger partial charge in [0.15, 0.2) is 5.82 Å². The molecule has 6 heteroatoms. The first kappa shape index (κ1) is 14.5. The van der Waals surface area contributed by atoms with Gasteiger partial charge in [-0.05, 0) is 54.1 Å². The number of fused-ring (bicyclic) bond motifs is 1. The minimum atomic E-state index is 0.316. The van der Waals surface area contributed by atoms with Crippen molar-refractivity contribution in [2.45, 2.75) is 20.5 Å². The zero-order valence-corrected chi connectivity index (χ0v) is 14.7. The highest BCUT2D eigenvalue weighted by molar-refractivity contribution is 14.1. The Kier molecular flexibility index (Phi) is 3.99. The Labute approximate surface area is 140 Å². The van der Waals surface area contributed by atoms with Crippen LogP contribution < -0.4 is 10.5 Å². The lowest BCUT2D eigenvalue weighted by atomic mass is 10.2. The molecule has 0 aliphatic rings. The number of benzene rings is 1. The van der Waals surface area contributed by atoms with Crippen molar-refractivity contribution >= 4 is 50.0 Å². The molecule has 0 atom stereocenters. The van der Waals surface area contributed by atoms with Crippen LogP contribution in [0, 0.1) is 17.4 Å². The number of nitrogen functional groups attached to an aromatic ring is 1. The minimum absolute atomic E-state index is 0.316. The van der Waals surface area contributed by atoms with E-state index in [-0.39, 0.29) is 0 Å². The van der Waals surface area contributed by atoms with Gasteiger partial charge in [0, 0.05) is 4.88 Å². The largest absolute Gasteiger partial charge is 0.484 e. The van der Waals surface area contributed by atoms with Gasteiger partial charge < -0.3 is 10.5 Å². The van der Waals surface area contributed by atoms with Crippen LogP contribution in [0.25, 0.3) is 10.2 Å². The third kappa shape index (κ3) is 2.82. The van der Waals surface area contributed by atoms with Gasteiger partial charge in [0.25, 0.3) is 0 Å². The van der Waals surface area contributed by atoms with Crippen LogP contribution in [-0.2, 0) is 6.61 Å². The SMILES string of the molecule is Cc1sc2nc(COc3ccccc3I)nc(N)c2c1C. The first-order valence-corrected chi connectivity index (χ1v) is 8.35. The molecule has 0 saturated carbocycles. The third-order valence-corrected chi connectivity index (χ3v) is 5.29. The standard InChI is InChI=1S/C15H14IN3OS/c1-8-9(2)21-15-13(8)14(17)18-12(19-15)7-20-11-6-4-3-5-10(11)16/h3-6H,7H2,1-2H3,(H2,17,18,19). The van der Waals surface area contributed by atoms with Crippen LogP contribution in [0.1, 0.15) is 16.3 Å². The van der Waals surface area contributed by atoms with Gasteiger partial charge in [-0.3, -0.25) is 0 Å². The molecule has 0 amide bonds. The molecule has 0 bridgehead atoms. The number of aryl methyl sites for hydroxylation is 2. The second kappa shape index (κ2) is 5.76. The van der Waals surface area contributed by atoms with Crippen LogP contribution in [0.3, 0.4) is 0 Å². The Balaban J connectivity index is 1.90. The number of para-hydroxylation sites is 1. The van der Waals surface area contributed by atoms with E-state index in [2.05, 4.69) is 46.4 Å². The molecule has 3 aromatic rings. The Morgan fingerprint density at radius 2 is 2.00 bits per heavy atom. The summed E-state index contributed by atoms with van der Waals surface area (Å²) < 4.78 is 6.84. The third-order valence-electron chi connectivity index (χ3n) is 3.30. The molecule has 0 fully saturated rings. The number of aromatic nitrogens is 2. The lowest BCUT2D eigenvalue weighted by Gasteiger charge is -2.08. The number of nitrogens with two attached hydrogens (primary N) is 1. The van der Waals surface area contributed by atoms with Gasteiger partial charge in [0.2, 0.25) is 0 Å². The number of anilines is 1. The van der Waals surface area contributed by atoms with Crippen LogP contribution in [0.5, 0.6) is 5.75 Å². The first-order chi connectivity index (χ1) is 10.1. The molecule has 0 aliphatic carbocycles. The van der Waals surface area contributed by atoms with Crippen LogP contribution in [0.4, 0.5) is 5.82 Å². The smallest absolute Gasteiger partial charge is 0.169 e. The van der Waals surface area contributed by atoms with Crippen LogP contribution in [-0.4, -0.2) is 9.97 Å². The lowest BCUT2D eigenvalue weighted by Crippen LogP contribution is -2.05. The van der Waals surface area contributed by atoms with Crippen molar-refractivity contribution < 1.29 is 4.74 Å². The van der Waals surface area contributed by atoms with Gasteiger partial charge in [0.1, 0.15) is 23.0 Å². The summed E-state index contributed by atoms with van der Waals surface area (Å²) >= 11 is 3.89. The Hall–Kier alpha value is -1.41. The number of rotatable bonds is 3. The average Bonchev–Trinajstić information content (AvgIpc) is 2.73. The number of hydrogen-bond donors (Lipinski definition) is 1. The number of nitrogens with zero attached hydrogens (tertiary/aromatic N) is 2. The van der Waals surface area contributed by atoms with Crippen LogP contribution in [0.15, 0.2) is 24.3 Å². The minimum Gasteiger partial charge on any atom is -0.484 e. The van der Waals surface area contributed by atoms with Crippen molar-refractivity contribution in [3.8, 4) is 5.75 Å². The summed E-state index contributed by atoms with van der Waals surface area (Å²) in [6.07, 6.45) is 0. The molecular weight excluding hydrogens is 397 g/mol. The molecule has 0 spiro atoms. The van der Waals surface area contributed by atoms with E-state index in [0.29, 0.717) is 18.2 Å². The fourth-order valence-corrected chi connectivity index (χ4v) is 3.69. The molecule has 2 aromatic heterocycles. The van der Waals surface area contributed by atoms with Gasteiger partial charge >= 0.3 is 0 Å². The van der Waals surface area contributed by atoms with Gasteiger partial charge in [-0.15, -0.1) is 11.3 Å². The molecule has 0 aliphatic heterocycles. The summed E-state index contributed by atoms with van der Waals surface area (Å²) in [5, 5.41) is 0.968. The fourth-order valence-electron chi connectivity index (χ4n) is 2.10. The number of halogens is 1. The Bertz CT molecular complexity index is 816. The van der Waals surface area contributed by atoms with E-state index >= 15 is 0 Å². The predicted molar refractivity (Wildman–Crippen MR) is 94.8 cm³/mol. The number of thiophene rings is 1. The van der Waals surface area contributed by atoms with Gasteiger partial charge in [-0.2, -0.15) is 0 Å². The van der Waals surface area contributed by atoms with Crippen molar-refractivity contribution in [2.75, 3.05) is 5.73 Å². The van der Waals surface area contributed by atoms with E-state index in [9.17, 15) is 0 Å². The second-order valence-corrected chi connectivity index (χ2v) is 7.07. The summed E-state index contributed by atoms with van der Waals surface area (Å²) in [7, 11) is 0. The van der Waals surface area contributed by atoms with Crippen molar-refractivity contribution in [2.24, 2.45) is 0 Å². The highest BCUT2D eigenvalue weighted by Gasteiger charge is 2.13.